The normalized spacial score (nSPS) is 24.2. The number of hydrogen-bond donors (Lipinski definition) is 1. The van der Waals surface area contributed by atoms with Gasteiger partial charge in [-0.25, -0.2) is 0 Å². The third-order valence-corrected chi connectivity index (χ3v) is 4.66. The second-order valence-corrected chi connectivity index (χ2v) is 6.90. The Bertz CT molecular complexity index is 305. The van der Waals surface area contributed by atoms with Gasteiger partial charge in [0.25, 0.3) is 0 Å². The van der Waals surface area contributed by atoms with Crippen LogP contribution in [0.3, 0.4) is 0 Å². The number of hydrogen-bond acceptors (Lipinski definition) is 3. The number of rotatable bonds is 5. The number of amides is 1. The van der Waals surface area contributed by atoms with Crippen molar-refractivity contribution in [3.8, 4) is 0 Å². The highest BCUT2D eigenvalue weighted by Gasteiger charge is 2.27. The lowest BCUT2D eigenvalue weighted by atomic mass is 10.1. The van der Waals surface area contributed by atoms with Crippen molar-refractivity contribution in [2.45, 2.75) is 58.5 Å². The first-order chi connectivity index (χ1) is 9.56. The first kappa shape index (κ1) is 15.8. The van der Waals surface area contributed by atoms with Gasteiger partial charge in [0.15, 0.2) is 0 Å². The minimum absolute atomic E-state index is 0.0248. The highest BCUT2D eigenvalue weighted by atomic mass is 16.2. The van der Waals surface area contributed by atoms with E-state index in [0.29, 0.717) is 6.04 Å². The van der Waals surface area contributed by atoms with Gasteiger partial charge in [0.1, 0.15) is 0 Å². The largest absolute Gasteiger partial charge is 0.352 e. The molecule has 1 amide bonds. The zero-order valence-electron chi connectivity index (χ0n) is 13.4. The van der Waals surface area contributed by atoms with Crippen LogP contribution in [0.5, 0.6) is 0 Å². The highest BCUT2D eigenvalue weighted by Crippen LogP contribution is 2.18. The van der Waals surface area contributed by atoms with Crippen LogP contribution in [-0.2, 0) is 4.79 Å². The number of piperazine rings is 1. The van der Waals surface area contributed by atoms with E-state index in [1.807, 2.05) is 0 Å². The molecule has 4 nitrogen and oxygen atoms in total. The summed E-state index contributed by atoms with van der Waals surface area (Å²) >= 11 is 0. The summed E-state index contributed by atoms with van der Waals surface area (Å²) in [4.78, 5) is 17.1. The third-order valence-electron chi connectivity index (χ3n) is 4.66. The molecule has 2 fully saturated rings. The zero-order valence-corrected chi connectivity index (χ0v) is 13.4. The quantitative estimate of drug-likeness (QED) is 0.833. The smallest absolute Gasteiger partial charge is 0.237 e. The fraction of sp³-hybridized carbons (Fsp3) is 0.938. The number of carbonyl (C=O) groups excluding carboxylic acids is 1. The molecule has 1 heterocycles. The molecule has 0 bridgehead atoms. The van der Waals surface area contributed by atoms with Gasteiger partial charge in [-0.05, 0) is 25.7 Å². The van der Waals surface area contributed by atoms with Gasteiger partial charge in [0.05, 0.1) is 6.04 Å². The molecule has 2 rings (SSSR count). The van der Waals surface area contributed by atoms with Crippen LogP contribution in [0.4, 0.5) is 0 Å². The first-order valence-electron chi connectivity index (χ1n) is 8.33. The summed E-state index contributed by atoms with van der Waals surface area (Å²) in [5.74, 6) is 0.957. The molecular formula is C16H31N3O. The van der Waals surface area contributed by atoms with Gasteiger partial charge < -0.3 is 10.2 Å². The van der Waals surface area contributed by atoms with Crippen molar-refractivity contribution >= 4 is 5.91 Å². The molecule has 1 N–H and O–H groups in total. The Labute approximate surface area is 123 Å². The fourth-order valence-corrected chi connectivity index (χ4v) is 3.41. The highest BCUT2D eigenvalue weighted by molar-refractivity contribution is 5.81. The average Bonchev–Trinajstić information content (AvgIpc) is 2.91. The summed E-state index contributed by atoms with van der Waals surface area (Å²) in [7, 11) is 0. The van der Waals surface area contributed by atoms with Gasteiger partial charge >= 0.3 is 0 Å². The predicted molar refractivity (Wildman–Crippen MR) is 82.7 cm³/mol. The van der Waals surface area contributed by atoms with Crippen molar-refractivity contribution in [2.75, 3.05) is 32.7 Å². The second-order valence-electron chi connectivity index (χ2n) is 6.90. The molecule has 1 atom stereocenters. The molecule has 1 aliphatic heterocycles. The average molecular weight is 281 g/mol. The molecule has 2 aliphatic rings. The predicted octanol–water partition coefficient (Wildman–Crippen LogP) is 1.71. The lowest BCUT2D eigenvalue weighted by Crippen LogP contribution is -2.55. The Morgan fingerprint density at radius 1 is 1.10 bits per heavy atom. The number of carbonyl (C=O) groups is 1. The van der Waals surface area contributed by atoms with Gasteiger partial charge in [-0.15, -0.1) is 0 Å². The molecule has 4 heteroatoms. The third kappa shape index (κ3) is 4.45. The van der Waals surface area contributed by atoms with Crippen LogP contribution in [0.25, 0.3) is 0 Å². The van der Waals surface area contributed by atoms with E-state index in [1.54, 1.807) is 0 Å². The molecule has 1 unspecified atom stereocenters. The molecule has 116 valence electrons. The lowest BCUT2D eigenvalue weighted by molar-refractivity contribution is -0.127. The van der Waals surface area contributed by atoms with Crippen molar-refractivity contribution < 1.29 is 4.79 Å². The maximum atomic E-state index is 12.3. The van der Waals surface area contributed by atoms with Crippen LogP contribution in [0.15, 0.2) is 0 Å². The van der Waals surface area contributed by atoms with Crippen LogP contribution < -0.4 is 5.32 Å². The van der Waals surface area contributed by atoms with Crippen LogP contribution in [0.1, 0.15) is 46.5 Å². The number of nitrogens with one attached hydrogen (secondary N) is 1. The Balaban J connectivity index is 1.73. The van der Waals surface area contributed by atoms with Crippen LogP contribution in [-0.4, -0.2) is 60.5 Å². The Morgan fingerprint density at radius 3 is 2.25 bits per heavy atom. The van der Waals surface area contributed by atoms with E-state index in [-0.39, 0.29) is 11.9 Å². The molecule has 1 saturated heterocycles. The van der Waals surface area contributed by atoms with E-state index in [2.05, 4.69) is 35.9 Å². The van der Waals surface area contributed by atoms with Crippen LogP contribution >= 0.6 is 0 Å². The summed E-state index contributed by atoms with van der Waals surface area (Å²) in [6.45, 7) is 12.0. The monoisotopic (exact) mass is 281 g/mol. The van der Waals surface area contributed by atoms with E-state index in [0.717, 1.165) is 32.1 Å². The molecule has 0 aromatic rings. The molecule has 0 aromatic carbocycles. The minimum Gasteiger partial charge on any atom is -0.352 e. The van der Waals surface area contributed by atoms with Crippen molar-refractivity contribution in [3.63, 3.8) is 0 Å². The summed E-state index contributed by atoms with van der Waals surface area (Å²) in [6.07, 6.45) is 4.88. The van der Waals surface area contributed by atoms with E-state index in [4.69, 9.17) is 0 Å². The minimum atomic E-state index is 0.0248. The maximum absolute atomic E-state index is 12.3. The standard InChI is InChI=1S/C16H31N3O/c1-13(2)12-18-8-10-19(11-9-18)14(3)16(20)17-15-6-4-5-7-15/h13-15H,4-12H2,1-3H3,(H,17,20). The van der Waals surface area contributed by atoms with Gasteiger partial charge in [0, 0.05) is 38.8 Å². The SMILES string of the molecule is CC(C)CN1CCN(C(C)C(=O)NC2CCCC2)CC1. The Hall–Kier alpha value is -0.610. The van der Waals surface area contributed by atoms with E-state index in [1.165, 1.54) is 32.2 Å². The van der Waals surface area contributed by atoms with E-state index >= 15 is 0 Å². The summed E-state index contributed by atoms with van der Waals surface area (Å²) in [5.41, 5.74) is 0. The first-order valence-corrected chi connectivity index (χ1v) is 8.33. The molecule has 20 heavy (non-hydrogen) atoms. The van der Waals surface area contributed by atoms with Crippen molar-refractivity contribution in [2.24, 2.45) is 5.92 Å². The van der Waals surface area contributed by atoms with Gasteiger partial charge in [-0.1, -0.05) is 26.7 Å². The molecule has 0 spiro atoms. The topological polar surface area (TPSA) is 35.6 Å². The molecular weight excluding hydrogens is 250 g/mol. The summed E-state index contributed by atoms with van der Waals surface area (Å²) < 4.78 is 0. The summed E-state index contributed by atoms with van der Waals surface area (Å²) in [5, 5.41) is 3.23. The summed E-state index contributed by atoms with van der Waals surface area (Å²) in [6, 6.07) is 0.462. The fourth-order valence-electron chi connectivity index (χ4n) is 3.41. The van der Waals surface area contributed by atoms with Gasteiger partial charge in [-0.3, -0.25) is 9.69 Å². The Morgan fingerprint density at radius 2 is 1.70 bits per heavy atom. The number of nitrogens with zero attached hydrogens (tertiary/aromatic N) is 2. The van der Waals surface area contributed by atoms with Gasteiger partial charge in [-0.2, -0.15) is 0 Å². The zero-order chi connectivity index (χ0) is 14.5. The van der Waals surface area contributed by atoms with Crippen molar-refractivity contribution in [1.29, 1.82) is 0 Å². The van der Waals surface area contributed by atoms with E-state index in [9.17, 15) is 4.79 Å². The van der Waals surface area contributed by atoms with Crippen LogP contribution in [0.2, 0.25) is 0 Å². The van der Waals surface area contributed by atoms with E-state index < -0.39 is 0 Å². The molecule has 1 saturated carbocycles. The second kappa shape index (κ2) is 7.41. The molecule has 0 radical (unpaired) electrons. The molecule has 0 aromatic heterocycles. The van der Waals surface area contributed by atoms with Crippen LogP contribution in [0, 0.1) is 5.92 Å². The maximum Gasteiger partial charge on any atom is 0.237 e. The Kier molecular flexibility index (Phi) is 5.85. The lowest BCUT2D eigenvalue weighted by Gasteiger charge is -2.38. The van der Waals surface area contributed by atoms with Crippen molar-refractivity contribution in [3.05, 3.63) is 0 Å². The molecule has 1 aliphatic carbocycles. The van der Waals surface area contributed by atoms with Gasteiger partial charge in [0.2, 0.25) is 5.91 Å². The van der Waals surface area contributed by atoms with Crippen molar-refractivity contribution in [1.82, 2.24) is 15.1 Å².